The smallest absolute Gasteiger partial charge is 0.276 e. The van der Waals surface area contributed by atoms with Gasteiger partial charge in [-0.15, -0.1) is 5.10 Å². The summed E-state index contributed by atoms with van der Waals surface area (Å²) in [6.45, 7) is 0. The molecule has 0 aliphatic heterocycles. The van der Waals surface area contributed by atoms with E-state index in [9.17, 15) is 8.42 Å². The lowest BCUT2D eigenvalue weighted by Crippen LogP contribution is -2.25. The second-order valence-electron chi connectivity index (χ2n) is 4.76. The van der Waals surface area contributed by atoms with Crippen molar-refractivity contribution in [3.63, 3.8) is 0 Å². The summed E-state index contributed by atoms with van der Waals surface area (Å²) in [5, 5.41) is 4.12. The van der Waals surface area contributed by atoms with E-state index in [2.05, 4.69) is 9.93 Å². The van der Waals surface area contributed by atoms with Crippen LogP contribution in [0.25, 0.3) is 11.3 Å². The predicted molar refractivity (Wildman–Crippen MR) is 87.2 cm³/mol. The molecule has 0 aliphatic carbocycles. The number of methoxy groups -OCH3 is 1. The van der Waals surface area contributed by atoms with Crippen LogP contribution in [0.3, 0.4) is 0 Å². The molecular formula is C16H15N3O3S. The van der Waals surface area contributed by atoms with Gasteiger partial charge in [-0.3, -0.25) is 0 Å². The molecule has 7 heteroatoms. The van der Waals surface area contributed by atoms with Gasteiger partial charge in [0.15, 0.2) is 0 Å². The van der Waals surface area contributed by atoms with E-state index in [1.165, 1.54) is 24.0 Å². The van der Waals surface area contributed by atoms with Gasteiger partial charge in [0, 0.05) is 11.6 Å². The molecule has 0 saturated heterocycles. The van der Waals surface area contributed by atoms with Gasteiger partial charge in [-0.1, -0.05) is 48.5 Å². The maximum atomic E-state index is 12.5. The fraction of sp³-hybridized carbons (Fsp3) is 0.0625. The number of aromatic nitrogens is 2. The lowest BCUT2D eigenvalue weighted by molar-refractivity contribution is 0.393. The molecule has 1 N–H and O–H groups in total. The van der Waals surface area contributed by atoms with Gasteiger partial charge in [0.05, 0.1) is 17.7 Å². The van der Waals surface area contributed by atoms with Gasteiger partial charge in [-0.05, 0) is 12.1 Å². The van der Waals surface area contributed by atoms with Crippen molar-refractivity contribution in [1.82, 2.24) is 9.89 Å². The molecule has 0 bridgehead atoms. The number of benzene rings is 2. The maximum absolute atomic E-state index is 12.5. The summed E-state index contributed by atoms with van der Waals surface area (Å²) in [6.07, 6.45) is 0. The van der Waals surface area contributed by atoms with Crippen LogP contribution in [0.4, 0.5) is 0 Å². The molecule has 118 valence electrons. The second kappa shape index (κ2) is 6.13. The van der Waals surface area contributed by atoms with Crippen molar-refractivity contribution in [2.24, 2.45) is 0 Å². The zero-order chi connectivity index (χ0) is 16.3. The third-order valence-electron chi connectivity index (χ3n) is 3.23. The standard InChI is InChI=1S/C16H15N3O3S/c1-22-16-12-15(13-8-4-2-5-9-13)19(17-16)18-23(20,21)14-10-6-3-7-11-14/h2-12,18H,1H3. The van der Waals surface area contributed by atoms with E-state index in [0.717, 1.165) is 5.56 Å². The van der Waals surface area contributed by atoms with Gasteiger partial charge in [0.1, 0.15) is 0 Å². The van der Waals surface area contributed by atoms with Gasteiger partial charge in [0.2, 0.25) is 5.88 Å². The lowest BCUT2D eigenvalue weighted by atomic mass is 10.2. The van der Waals surface area contributed by atoms with E-state index >= 15 is 0 Å². The minimum Gasteiger partial charge on any atom is -0.480 e. The summed E-state index contributed by atoms with van der Waals surface area (Å²) in [7, 11) is -2.26. The highest BCUT2D eigenvalue weighted by Crippen LogP contribution is 2.23. The third-order valence-corrected chi connectivity index (χ3v) is 4.53. The quantitative estimate of drug-likeness (QED) is 0.780. The van der Waals surface area contributed by atoms with E-state index in [-0.39, 0.29) is 4.90 Å². The van der Waals surface area contributed by atoms with Gasteiger partial charge in [0.25, 0.3) is 10.0 Å². The molecule has 0 atom stereocenters. The van der Waals surface area contributed by atoms with E-state index in [4.69, 9.17) is 4.74 Å². The first kappa shape index (κ1) is 15.1. The monoisotopic (exact) mass is 329 g/mol. The fourth-order valence-electron chi connectivity index (χ4n) is 2.11. The molecule has 3 rings (SSSR count). The molecule has 6 nitrogen and oxygen atoms in total. The molecule has 3 aromatic rings. The number of hydrogen-bond donors (Lipinski definition) is 1. The maximum Gasteiger partial charge on any atom is 0.276 e. The van der Waals surface area contributed by atoms with Crippen molar-refractivity contribution >= 4 is 10.0 Å². The Hall–Kier alpha value is -2.80. The first-order valence-electron chi connectivity index (χ1n) is 6.87. The average Bonchev–Trinajstić information content (AvgIpc) is 2.99. The Morgan fingerprint density at radius 2 is 1.61 bits per heavy atom. The molecule has 0 fully saturated rings. The molecule has 1 heterocycles. The Labute approximate surface area is 134 Å². The number of nitrogens with zero attached hydrogens (tertiary/aromatic N) is 2. The Morgan fingerprint density at radius 3 is 2.22 bits per heavy atom. The van der Waals surface area contributed by atoms with Crippen LogP contribution in [0.15, 0.2) is 71.6 Å². The Morgan fingerprint density at radius 1 is 1.00 bits per heavy atom. The summed E-state index contributed by atoms with van der Waals surface area (Å²) in [6, 6.07) is 19.1. The highest BCUT2D eigenvalue weighted by atomic mass is 32.2. The van der Waals surface area contributed by atoms with E-state index in [1.807, 2.05) is 30.3 Å². The van der Waals surface area contributed by atoms with Crippen molar-refractivity contribution in [3.05, 3.63) is 66.7 Å². The Bertz CT molecular complexity index is 891. The first-order chi connectivity index (χ1) is 11.1. The summed E-state index contributed by atoms with van der Waals surface area (Å²) in [5.74, 6) is 0.319. The summed E-state index contributed by atoms with van der Waals surface area (Å²) < 4.78 is 30.1. The number of sulfonamides is 1. The van der Waals surface area contributed by atoms with E-state index in [1.54, 1.807) is 24.3 Å². The molecule has 23 heavy (non-hydrogen) atoms. The molecular weight excluding hydrogens is 314 g/mol. The Kier molecular flexibility index (Phi) is 4.03. The normalized spacial score (nSPS) is 11.2. The zero-order valence-electron chi connectivity index (χ0n) is 12.4. The topological polar surface area (TPSA) is 73.2 Å². The van der Waals surface area contributed by atoms with Crippen LogP contribution in [0, 0.1) is 0 Å². The first-order valence-corrected chi connectivity index (χ1v) is 8.36. The molecule has 1 aromatic heterocycles. The average molecular weight is 329 g/mol. The van der Waals surface area contributed by atoms with Gasteiger partial charge in [-0.2, -0.15) is 18.0 Å². The number of rotatable bonds is 5. The van der Waals surface area contributed by atoms with Crippen molar-refractivity contribution in [2.45, 2.75) is 4.90 Å². The molecule has 0 saturated carbocycles. The van der Waals surface area contributed by atoms with Crippen LogP contribution >= 0.6 is 0 Å². The van der Waals surface area contributed by atoms with Crippen LogP contribution in [0.1, 0.15) is 0 Å². The highest BCUT2D eigenvalue weighted by molar-refractivity contribution is 7.92. The van der Waals surface area contributed by atoms with Gasteiger partial charge < -0.3 is 4.74 Å². The van der Waals surface area contributed by atoms with Crippen LogP contribution in [0.5, 0.6) is 5.88 Å². The molecule has 0 unspecified atom stereocenters. The van der Waals surface area contributed by atoms with E-state index < -0.39 is 10.0 Å². The van der Waals surface area contributed by atoms with Gasteiger partial charge >= 0.3 is 0 Å². The lowest BCUT2D eigenvalue weighted by Gasteiger charge is -2.10. The molecule has 0 spiro atoms. The number of ether oxygens (including phenoxy) is 1. The van der Waals surface area contributed by atoms with Crippen LogP contribution < -0.4 is 9.57 Å². The summed E-state index contributed by atoms with van der Waals surface area (Å²) in [5.41, 5.74) is 1.40. The molecule has 2 aromatic carbocycles. The van der Waals surface area contributed by atoms with Crippen molar-refractivity contribution in [2.75, 3.05) is 11.9 Å². The van der Waals surface area contributed by atoms with Crippen molar-refractivity contribution < 1.29 is 13.2 Å². The zero-order valence-corrected chi connectivity index (χ0v) is 13.2. The molecule has 0 radical (unpaired) electrons. The van der Waals surface area contributed by atoms with Crippen LogP contribution in [-0.2, 0) is 10.0 Å². The van der Waals surface area contributed by atoms with Crippen LogP contribution in [-0.4, -0.2) is 25.4 Å². The predicted octanol–water partition coefficient (Wildman–Crippen LogP) is 2.49. The second-order valence-corrected chi connectivity index (χ2v) is 6.42. The SMILES string of the molecule is COc1cc(-c2ccccc2)n(NS(=O)(=O)c2ccccc2)n1. The molecule has 0 aliphatic rings. The third kappa shape index (κ3) is 3.19. The van der Waals surface area contributed by atoms with E-state index in [0.29, 0.717) is 11.6 Å². The minimum absolute atomic E-state index is 0.161. The summed E-state index contributed by atoms with van der Waals surface area (Å²) in [4.78, 5) is 3.82. The Balaban J connectivity index is 2.02. The van der Waals surface area contributed by atoms with Crippen molar-refractivity contribution in [1.29, 1.82) is 0 Å². The number of nitrogens with one attached hydrogen (secondary N) is 1. The van der Waals surface area contributed by atoms with Crippen molar-refractivity contribution in [3.8, 4) is 17.1 Å². The van der Waals surface area contributed by atoms with Crippen LogP contribution in [0.2, 0.25) is 0 Å². The van der Waals surface area contributed by atoms with Gasteiger partial charge in [-0.25, -0.2) is 0 Å². The minimum atomic E-state index is -3.74. The summed E-state index contributed by atoms with van der Waals surface area (Å²) >= 11 is 0. The molecule has 0 amide bonds. The fourth-order valence-corrected chi connectivity index (χ4v) is 3.10. The number of hydrogen-bond acceptors (Lipinski definition) is 4. The highest BCUT2D eigenvalue weighted by Gasteiger charge is 2.18. The largest absolute Gasteiger partial charge is 0.480 e.